The Morgan fingerprint density at radius 2 is 1.45 bits per heavy atom. The van der Waals surface area contributed by atoms with E-state index in [0.29, 0.717) is 0 Å². The van der Waals surface area contributed by atoms with Gasteiger partial charge in [-0.1, -0.05) is 87.2 Å². The first-order valence-electron chi connectivity index (χ1n) is 13.9. The van der Waals surface area contributed by atoms with Gasteiger partial charge in [-0.3, -0.25) is 9.88 Å². The number of rotatable bonds is 5. The molecule has 0 spiro atoms. The SMILES string of the molecule is C=CC1=C(N=C)N(c2ccccn2)c2ccc(-c3ccc(-c4ccc5ccc6cccnc6c5n4)cc3)cc2C1(C)C. The fourth-order valence-electron chi connectivity index (χ4n) is 6.01. The lowest BCUT2D eigenvalue weighted by molar-refractivity contribution is 0.616. The Morgan fingerprint density at radius 3 is 2.19 bits per heavy atom. The molecule has 6 aromatic rings. The summed E-state index contributed by atoms with van der Waals surface area (Å²) in [5.74, 6) is 1.54. The lowest BCUT2D eigenvalue weighted by Crippen LogP contribution is -2.33. The van der Waals surface area contributed by atoms with E-state index in [9.17, 15) is 0 Å². The zero-order chi connectivity index (χ0) is 28.8. The lowest BCUT2D eigenvalue weighted by atomic mass is 9.73. The maximum atomic E-state index is 5.02. The van der Waals surface area contributed by atoms with Crippen molar-refractivity contribution in [2.75, 3.05) is 4.90 Å². The Labute approximate surface area is 245 Å². The minimum atomic E-state index is -0.333. The predicted octanol–water partition coefficient (Wildman–Crippen LogP) is 9.04. The maximum Gasteiger partial charge on any atom is 0.142 e. The summed E-state index contributed by atoms with van der Waals surface area (Å²) in [6, 6.07) is 33.5. The van der Waals surface area contributed by atoms with Crippen molar-refractivity contribution in [1.82, 2.24) is 15.0 Å². The predicted molar refractivity (Wildman–Crippen MR) is 174 cm³/mol. The molecule has 7 rings (SSSR count). The van der Waals surface area contributed by atoms with Crippen LogP contribution in [0.1, 0.15) is 19.4 Å². The van der Waals surface area contributed by atoms with Crippen molar-refractivity contribution in [3.63, 3.8) is 0 Å². The molecule has 3 aromatic heterocycles. The summed E-state index contributed by atoms with van der Waals surface area (Å²) in [7, 11) is 0. The molecule has 0 aliphatic carbocycles. The summed E-state index contributed by atoms with van der Waals surface area (Å²) in [5, 5.41) is 2.17. The Morgan fingerprint density at radius 1 is 0.738 bits per heavy atom. The fraction of sp³-hybridized carbons (Fsp3) is 0.0811. The number of aliphatic imine (C=N–C) groups is 1. The van der Waals surface area contributed by atoms with E-state index in [4.69, 9.17) is 4.98 Å². The fourth-order valence-corrected chi connectivity index (χ4v) is 6.01. The van der Waals surface area contributed by atoms with Crippen LogP contribution in [-0.2, 0) is 5.41 Å². The van der Waals surface area contributed by atoms with Crippen LogP contribution in [-0.4, -0.2) is 21.7 Å². The van der Waals surface area contributed by atoms with Crippen molar-refractivity contribution in [3.8, 4) is 22.4 Å². The van der Waals surface area contributed by atoms with Gasteiger partial charge >= 0.3 is 0 Å². The molecule has 0 saturated carbocycles. The second kappa shape index (κ2) is 9.89. The monoisotopic (exact) mass is 543 g/mol. The summed E-state index contributed by atoms with van der Waals surface area (Å²) < 4.78 is 0. The highest BCUT2D eigenvalue weighted by molar-refractivity contribution is 6.03. The molecule has 0 amide bonds. The zero-order valence-electron chi connectivity index (χ0n) is 23.6. The Bertz CT molecular complexity index is 2040. The summed E-state index contributed by atoms with van der Waals surface area (Å²) in [6.07, 6.45) is 5.50. The van der Waals surface area contributed by atoms with Gasteiger partial charge in [-0.05, 0) is 59.8 Å². The number of pyridine rings is 3. The van der Waals surface area contributed by atoms with Crippen LogP contribution in [0.4, 0.5) is 11.5 Å². The molecule has 202 valence electrons. The number of anilines is 2. The molecule has 42 heavy (non-hydrogen) atoms. The Kier molecular flexibility index (Phi) is 6.02. The van der Waals surface area contributed by atoms with Gasteiger partial charge in [0.05, 0.1) is 22.4 Å². The average Bonchev–Trinajstić information content (AvgIpc) is 3.04. The van der Waals surface area contributed by atoms with Crippen LogP contribution in [0.3, 0.4) is 0 Å². The molecule has 0 unspecified atom stereocenters. The minimum Gasteiger partial charge on any atom is -0.278 e. The molecule has 0 saturated heterocycles. The number of fused-ring (bicyclic) bond motifs is 4. The zero-order valence-corrected chi connectivity index (χ0v) is 23.6. The normalized spacial score (nSPS) is 14.2. The van der Waals surface area contributed by atoms with E-state index in [1.807, 2.05) is 36.5 Å². The Balaban J connectivity index is 1.30. The van der Waals surface area contributed by atoms with E-state index in [2.05, 4.69) is 120 Å². The van der Waals surface area contributed by atoms with Crippen LogP contribution >= 0.6 is 0 Å². The molecule has 5 heteroatoms. The molecular formula is C37H29N5. The van der Waals surface area contributed by atoms with Crippen molar-refractivity contribution in [1.29, 1.82) is 0 Å². The molecule has 4 heterocycles. The molecule has 3 aromatic carbocycles. The summed E-state index contributed by atoms with van der Waals surface area (Å²) >= 11 is 0. The van der Waals surface area contributed by atoms with Gasteiger partial charge in [0.15, 0.2) is 0 Å². The second-order valence-corrected chi connectivity index (χ2v) is 11.0. The first-order chi connectivity index (χ1) is 20.5. The van der Waals surface area contributed by atoms with E-state index in [1.54, 1.807) is 6.20 Å². The molecule has 1 aliphatic rings. The van der Waals surface area contributed by atoms with Crippen molar-refractivity contribution in [2.24, 2.45) is 4.99 Å². The lowest BCUT2D eigenvalue weighted by Gasteiger charge is -2.41. The molecule has 0 radical (unpaired) electrons. The second-order valence-electron chi connectivity index (χ2n) is 11.0. The first-order valence-corrected chi connectivity index (χ1v) is 13.9. The highest BCUT2D eigenvalue weighted by Gasteiger charge is 2.38. The first kappa shape index (κ1) is 25.5. The maximum absolute atomic E-state index is 5.02. The van der Waals surface area contributed by atoms with Crippen LogP contribution < -0.4 is 4.90 Å². The van der Waals surface area contributed by atoms with Gasteiger partial charge in [0, 0.05) is 39.7 Å². The molecule has 0 bridgehead atoms. The Hall–Kier alpha value is -5.42. The van der Waals surface area contributed by atoms with Crippen LogP contribution in [0, 0.1) is 0 Å². The van der Waals surface area contributed by atoms with E-state index in [1.165, 1.54) is 5.56 Å². The van der Waals surface area contributed by atoms with E-state index in [0.717, 1.165) is 67.1 Å². The quantitative estimate of drug-likeness (QED) is 0.161. The molecule has 0 atom stereocenters. The van der Waals surface area contributed by atoms with E-state index >= 15 is 0 Å². The van der Waals surface area contributed by atoms with Gasteiger partial charge in [-0.2, -0.15) is 0 Å². The van der Waals surface area contributed by atoms with E-state index in [-0.39, 0.29) is 5.41 Å². The third-order valence-electron chi connectivity index (χ3n) is 8.22. The van der Waals surface area contributed by atoms with Gasteiger partial charge in [-0.25, -0.2) is 15.0 Å². The molecule has 0 fully saturated rings. The minimum absolute atomic E-state index is 0.333. The number of allylic oxidation sites excluding steroid dienone is 2. The standard InChI is InChI=1S/C37H29N5/c1-5-29-36(38-4)42(33-10-6-7-21-39-33)32-20-18-28(23-30(32)37(29,2)3)24-11-13-25(14-12-24)31-19-17-27-16-15-26-9-8-22-40-34(26)35(27)41-31/h5-23H,1,4H2,2-3H3. The van der Waals surface area contributed by atoms with Crippen molar-refractivity contribution >= 4 is 40.0 Å². The number of nitrogens with zero attached hydrogens (tertiary/aromatic N) is 5. The average molecular weight is 544 g/mol. The topological polar surface area (TPSA) is 54.3 Å². The number of hydrogen-bond donors (Lipinski definition) is 0. The number of aromatic nitrogens is 3. The smallest absolute Gasteiger partial charge is 0.142 e. The third-order valence-corrected chi connectivity index (χ3v) is 8.22. The van der Waals surface area contributed by atoms with Crippen LogP contribution in [0.5, 0.6) is 0 Å². The van der Waals surface area contributed by atoms with Gasteiger partial charge in [0.25, 0.3) is 0 Å². The summed E-state index contributed by atoms with van der Waals surface area (Å²) in [6.45, 7) is 12.4. The van der Waals surface area contributed by atoms with Crippen molar-refractivity contribution in [3.05, 3.63) is 139 Å². The molecular weight excluding hydrogens is 514 g/mol. The molecule has 5 nitrogen and oxygen atoms in total. The van der Waals surface area contributed by atoms with Crippen molar-refractivity contribution < 1.29 is 0 Å². The number of hydrogen-bond acceptors (Lipinski definition) is 5. The van der Waals surface area contributed by atoms with Crippen LogP contribution in [0.15, 0.2) is 138 Å². The van der Waals surface area contributed by atoms with Crippen LogP contribution in [0.25, 0.3) is 44.2 Å². The number of benzene rings is 3. The van der Waals surface area contributed by atoms with Crippen molar-refractivity contribution in [2.45, 2.75) is 19.3 Å². The highest BCUT2D eigenvalue weighted by Crippen LogP contribution is 2.49. The molecule has 1 aliphatic heterocycles. The largest absolute Gasteiger partial charge is 0.278 e. The van der Waals surface area contributed by atoms with Gasteiger partial charge < -0.3 is 0 Å². The van der Waals surface area contributed by atoms with Crippen LogP contribution in [0.2, 0.25) is 0 Å². The van der Waals surface area contributed by atoms with Gasteiger partial charge in [0.2, 0.25) is 0 Å². The molecule has 0 N–H and O–H groups in total. The van der Waals surface area contributed by atoms with Gasteiger partial charge in [0.1, 0.15) is 11.6 Å². The highest BCUT2D eigenvalue weighted by atomic mass is 15.3. The van der Waals surface area contributed by atoms with E-state index < -0.39 is 0 Å². The summed E-state index contributed by atoms with van der Waals surface area (Å²) in [4.78, 5) is 20.8. The summed E-state index contributed by atoms with van der Waals surface area (Å²) in [5.41, 5.74) is 8.98. The van der Waals surface area contributed by atoms with Gasteiger partial charge in [-0.15, -0.1) is 0 Å². The third kappa shape index (κ3) is 4.01.